The third-order valence-corrected chi connectivity index (χ3v) is 7.82. The maximum Gasteiger partial charge on any atom is 0.232 e. The molecule has 0 atom stereocenters. The number of thioether (sulfide) groups is 1. The Bertz CT molecular complexity index is 1250. The van der Waals surface area contributed by atoms with E-state index in [1.54, 1.807) is 18.6 Å². The molecule has 0 bridgehead atoms. The summed E-state index contributed by atoms with van der Waals surface area (Å²) in [6.45, 7) is 5.37. The van der Waals surface area contributed by atoms with Crippen LogP contribution in [0.5, 0.6) is 0 Å². The minimum Gasteiger partial charge on any atom is -0.343 e. The Morgan fingerprint density at radius 1 is 1.15 bits per heavy atom. The van der Waals surface area contributed by atoms with E-state index in [2.05, 4.69) is 25.3 Å². The van der Waals surface area contributed by atoms with E-state index in [4.69, 9.17) is 0 Å². The minimum atomic E-state index is -0.144. The molecule has 1 aromatic carbocycles. The van der Waals surface area contributed by atoms with Gasteiger partial charge in [0, 0.05) is 36.6 Å². The molecular weight excluding hydrogens is 476 g/mol. The Labute approximate surface area is 203 Å². The van der Waals surface area contributed by atoms with Crippen molar-refractivity contribution < 1.29 is 9.59 Å². The molecule has 0 aliphatic heterocycles. The average molecular weight is 499 g/mol. The predicted molar refractivity (Wildman–Crippen MR) is 134 cm³/mol. The summed E-state index contributed by atoms with van der Waals surface area (Å²) in [6, 6.07) is 5.63. The lowest BCUT2D eigenvalue weighted by Gasteiger charge is -2.17. The van der Waals surface area contributed by atoms with Crippen LogP contribution in [0.15, 0.2) is 46.5 Å². The van der Waals surface area contributed by atoms with E-state index in [1.807, 2.05) is 42.3 Å². The summed E-state index contributed by atoms with van der Waals surface area (Å²) >= 11 is 4.40. The summed E-state index contributed by atoms with van der Waals surface area (Å²) in [5.74, 6) is 0.339. The number of carbonyl (C=O) groups is 2. The molecule has 0 unspecified atom stereocenters. The highest BCUT2D eigenvalue weighted by molar-refractivity contribution is 8.01. The number of anilines is 1. The molecule has 8 nitrogen and oxygen atoms in total. The van der Waals surface area contributed by atoms with Crippen molar-refractivity contribution in [1.82, 2.24) is 24.8 Å². The number of carbonyl (C=O) groups excluding carboxylic acids is 2. The summed E-state index contributed by atoms with van der Waals surface area (Å²) in [7, 11) is 0. The van der Waals surface area contributed by atoms with Crippen LogP contribution in [0.4, 0.5) is 5.69 Å². The zero-order chi connectivity index (χ0) is 23.2. The maximum absolute atomic E-state index is 12.5. The van der Waals surface area contributed by atoms with E-state index in [1.165, 1.54) is 34.4 Å². The number of amides is 2. The monoisotopic (exact) mass is 498 g/mol. The highest BCUT2D eigenvalue weighted by Crippen LogP contribution is 2.31. The van der Waals surface area contributed by atoms with Gasteiger partial charge in [0.15, 0.2) is 4.34 Å². The molecule has 33 heavy (non-hydrogen) atoms. The lowest BCUT2D eigenvalue weighted by Crippen LogP contribution is -2.31. The van der Waals surface area contributed by atoms with Gasteiger partial charge in [0.2, 0.25) is 11.8 Å². The second kappa shape index (κ2) is 10.8. The van der Waals surface area contributed by atoms with E-state index in [0.29, 0.717) is 35.9 Å². The molecular formula is C22H22N6O2S3. The van der Waals surface area contributed by atoms with Gasteiger partial charge in [-0.2, -0.15) is 0 Å². The fraction of sp³-hybridized carbons (Fsp3) is 0.273. The largest absolute Gasteiger partial charge is 0.343 e. The molecule has 0 saturated heterocycles. The fourth-order valence-corrected chi connectivity index (χ4v) is 5.91. The quantitative estimate of drug-likeness (QED) is 0.342. The van der Waals surface area contributed by atoms with Gasteiger partial charge in [0.1, 0.15) is 10.7 Å². The molecule has 11 heteroatoms. The summed E-state index contributed by atoms with van der Waals surface area (Å²) in [5, 5.41) is 5.53. The summed E-state index contributed by atoms with van der Waals surface area (Å²) in [4.78, 5) is 43.9. The lowest BCUT2D eigenvalue weighted by molar-refractivity contribution is -0.128. The number of thiazole rings is 2. The minimum absolute atomic E-state index is 0.113. The summed E-state index contributed by atoms with van der Waals surface area (Å²) < 4.78 is 1.80. The van der Waals surface area contributed by atoms with Crippen molar-refractivity contribution in [2.24, 2.45) is 0 Å². The van der Waals surface area contributed by atoms with Crippen LogP contribution in [0, 0.1) is 0 Å². The van der Waals surface area contributed by atoms with Crippen molar-refractivity contribution in [3.8, 4) is 10.7 Å². The molecule has 0 spiro atoms. The number of hydrogen-bond donors (Lipinski definition) is 1. The molecule has 0 aliphatic carbocycles. The van der Waals surface area contributed by atoms with E-state index < -0.39 is 0 Å². The molecule has 4 aromatic rings. The Kier molecular flexibility index (Phi) is 7.63. The van der Waals surface area contributed by atoms with Crippen molar-refractivity contribution in [2.75, 3.05) is 24.2 Å². The Balaban J connectivity index is 1.36. The van der Waals surface area contributed by atoms with Crippen LogP contribution in [0.3, 0.4) is 0 Å². The maximum atomic E-state index is 12.5. The van der Waals surface area contributed by atoms with E-state index >= 15 is 0 Å². The van der Waals surface area contributed by atoms with E-state index in [0.717, 1.165) is 19.6 Å². The van der Waals surface area contributed by atoms with Crippen LogP contribution in [-0.4, -0.2) is 55.5 Å². The molecule has 0 saturated carbocycles. The predicted octanol–water partition coefficient (Wildman–Crippen LogP) is 4.35. The third kappa shape index (κ3) is 5.92. The van der Waals surface area contributed by atoms with Gasteiger partial charge in [-0.05, 0) is 32.0 Å². The van der Waals surface area contributed by atoms with Crippen LogP contribution in [0.1, 0.15) is 19.5 Å². The number of rotatable bonds is 9. The number of nitrogens with one attached hydrogen (secondary N) is 1. The Hall–Kier alpha value is -2.89. The molecule has 0 aliphatic rings. The standard InChI is InChI=1S/C22H22N6O2S3/c1-3-28(4-2)20(30)13-32-22-27-16-6-5-14(9-18(16)33-22)25-19(29)10-15-12-31-21(26-15)17-11-23-7-8-24-17/h5-9,11-12H,3-4,10,13H2,1-2H3,(H,25,29). The lowest BCUT2D eigenvalue weighted by atomic mass is 10.2. The number of nitrogens with zero attached hydrogens (tertiary/aromatic N) is 5. The number of hydrogen-bond acceptors (Lipinski definition) is 9. The average Bonchev–Trinajstić information content (AvgIpc) is 3.45. The third-order valence-electron chi connectivity index (χ3n) is 4.76. The molecule has 2 amide bonds. The molecule has 3 heterocycles. The first-order valence-electron chi connectivity index (χ1n) is 10.4. The highest BCUT2D eigenvalue weighted by atomic mass is 32.2. The molecule has 170 valence electrons. The van der Waals surface area contributed by atoms with Crippen molar-refractivity contribution in [2.45, 2.75) is 24.6 Å². The van der Waals surface area contributed by atoms with Gasteiger partial charge in [0.05, 0.1) is 34.3 Å². The number of aromatic nitrogens is 4. The first-order valence-corrected chi connectivity index (χ1v) is 13.1. The summed E-state index contributed by atoms with van der Waals surface area (Å²) in [6.07, 6.45) is 5.05. The fourth-order valence-electron chi connectivity index (χ4n) is 3.12. The second-order valence-corrected chi connectivity index (χ2v) is 10.1. The molecule has 1 N–H and O–H groups in total. The van der Waals surface area contributed by atoms with Crippen LogP contribution in [0.2, 0.25) is 0 Å². The van der Waals surface area contributed by atoms with Gasteiger partial charge in [0.25, 0.3) is 0 Å². The molecule has 0 fully saturated rings. The van der Waals surface area contributed by atoms with E-state index in [9.17, 15) is 9.59 Å². The van der Waals surface area contributed by atoms with Gasteiger partial charge < -0.3 is 10.2 Å². The van der Waals surface area contributed by atoms with Crippen molar-refractivity contribution in [1.29, 1.82) is 0 Å². The van der Waals surface area contributed by atoms with Gasteiger partial charge in [-0.25, -0.2) is 9.97 Å². The first-order chi connectivity index (χ1) is 16.1. The van der Waals surface area contributed by atoms with E-state index in [-0.39, 0.29) is 18.2 Å². The molecule has 0 radical (unpaired) electrons. The first kappa shape index (κ1) is 23.3. The van der Waals surface area contributed by atoms with Gasteiger partial charge in [-0.3, -0.25) is 19.6 Å². The van der Waals surface area contributed by atoms with Gasteiger partial charge >= 0.3 is 0 Å². The Morgan fingerprint density at radius 2 is 2.00 bits per heavy atom. The topological polar surface area (TPSA) is 101 Å². The van der Waals surface area contributed by atoms with Crippen molar-refractivity contribution in [3.63, 3.8) is 0 Å². The smallest absolute Gasteiger partial charge is 0.232 e. The summed E-state index contributed by atoms with van der Waals surface area (Å²) in [5.41, 5.74) is 2.94. The van der Waals surface area contributed by atoms with Crippen molar-refractivity contribution >= 4 is 62.2 Å². The van der Waals surface area contributed by atoms with Crippen LogP contribution in [0.25, 0.3) is 20.9 Å². The highest BCUT2D eigenvalue weighted by Gasteiger charge is 2.14. The zero-order valence-corrected chi connectivity index (χ0v) is 20.6. The Morgan fingerprint density at radius 3 is 2.76 bits per heavy atom. The van der Waals surface area contributed by atoms with Crippen LogP contribution < -0.4 is 5.32 Å². The van der Waals surface area contributed by atoms with Crippen LogP contribution >= 0.6 is 34.4 Å². The molecule has 3 aromatic heterocycles. The van der Waals surface area contributed by atoms with Crippen molar-refractivity contribution in [3.05, 3.63) is 47.9 Å². The number of benzene rings is 1. The SMILES string of the molecule is CCN(CC)C(=O)CSc1nc2ccc(NC(=O)Cc3csc(-c4cnccn4)n3)cc2s1. The zero-order valence-electron chi connectivity index (χ0n) is 18.1. The molecule has 4 rings (SSSR count). The van der Waals surface area contributed by atoms with Gasteiger partial charge in [-0.1, -0.05) is 11.8 Å². The normalized spacial score (nSPS) is 11.0. The second-order valence-electron chi connectivity index (χ2n) is 6.98. The number of fused-ring (bicyclic) bond motifs is 1. The van der Waals surface area contributed by atoms with Crippen LogP contribution in [-0.2, 0) is 16.0 Å². The van der Waals surface area contributed by atoms with Gasteiger partial charge in [-0.15, -0.1) is 22.7 Å².